The van der Waals surface area contributed by atoms with E-state index in [0.717, 1.165) is 17.0 Å². The molecule has 0 radical (unpaired) electrons. The summed E-state index contributed by atoms with van der Waals surface area (Å²) in [6, 6.07) is 14.7. The number of carbonyl (C=O) groups is 2. The van der Waals surface area contributed by atoms with Gasteiger partial charge in [-0.1, -0.05) is 18.2 Å². The minimum Gasteiger partial charge on any atom is -0.497 e. The third kappa shape index (κ3) is 6.42. The standard InChI is InChI=1S/C29H32N8O3/c1-21-17-26(34-29(33-21)36-14-13-30-20-36)37-16-15-35(28(39)25-5-3-4-11-31-25)19-23(37)18-27(38)32-12-10-22-6-8-24(40-2)9-7-22/h3-9,11,13-14,17,20,23H,10,12,15-16,18-19H2,1-2H3,(H,32,38). The normalized spacial score (nSPS) is 15.1. The Kier molecular flexibility index (Phi) is 8.29. The van der Waals surface area contributed by atoms with Crippen molar-refractivity contribution in [3.05, 3.63) is 90.4 Å². The van der Waals surface area contributed by atoms with Crippen LogP contribution in [-0.2, 0) is 11.2 Å². The second-order valence-corrected chi connectivity index (χ2v) is 9.60. The molecule has 1 aromatic carbocycles. The Morgan fingerprint density at radius 2 is 1.93 bits per heavy atom. The molecule has 11 heteroatoms. The quantitative estimate of drug-likeness (QED) is 0.344. The number of rotatable bonds is 9. The number of hydrogen-bond donors (Lipinski definition) is 1. The molecule has 11 nitrogen and oxygen atoms in total. The molecule has 3 aromatic heterocycles. The maximum atomic E-state index is 13.2. The van der Waals surface area contributed by atoms with Crippen LogP contribution in [0.4, 0.5) is 5.82 Å². The van der Waals surface area contributed by atoms with Crippen LogP contribution in [0.15, 0.2) is 73.4 Å². The van der Waals surface area contributed by atoms with Gasteiger partial charge < -0.3 is 19.9 Å². The number of carbonyl (C=O) groups excluding carboxylic acids is 2. The lowest BCUT2D eigenvalue weighted by Crippen LogP contribution is -2.56. The molecule has 0 saturated carbocycles. The number of amides is 2. The highest BCUT2D eigenvalue weighted by Crippen LogP contribution is 2.23. The number of aryl methyl sites for hydroxylation is 1. The Bertz CT molecular complexity index is 1430. The van der Waals surface area contributed by atoms with Crippen LogP contribution in [0.5, 0.6) is 5.75 Å². The number of piperazine rings is 1. The highest BCUT2D eigenvalue weighted by atomic mass is 16.5. The number of benzene rings is 1. The number of aromatic nitrogens is 5. The van der Waals surface area contributed by atoms with Gasteiger partial charge in [-0.3, -0.25) is 19.1 Å². The van der Waals surface area contributed by atoms with Crippen molar-refractivity contribution >= 4 is 17.6 Å². The summed E-state index contributed by atoms with van der Waals surface area (Å²) in [5, 5.41) is 3.04. The van der Waals surface area contributed by atoms with Gasteiger partial charge in [-0.25, -0.2) is 9.97 Å². The van der Waals surface area contributed by atoms with Crippen molar-refractivity contribution in [2.75, 3.05) is 38.2 Å². The van der Waals surface area contributed by atoms with Gasteiger partial charge in [0.15, 0.2) is 0 Å². The minimum atomic E-state index is -0.285. The average Bonchev–Trinajstić information content (AvgIpc) is 3.53. The van der Waals surface area contributed by atoms with Crippen LogP contribution in [-0.4, -0.2) is 80.5 Å². The van der Waals surface area contributed by atoms with Gasteiger partial charge in [-0.15, -0.1) is 0 Å². The van der Waals surface area contributed by atoms with Crippen molar-refractivity contribution in [2.24, 2.45) is 0 Å². The molecule has 2 amide bonds. The molecule has 4 aromatic rings. The molecule has 40 heavy (non-hydrogen) atoms. The maximum absolute atomic E-state index is 13.2. The van der Waals surface area contributed by atoms with Crippen molar-refractivity contribution in [1.82, 2.24) is 34.7 Å². The molecule has 1 unspecified atom stereocenters. The van der Waals surface area contributed by atoms with Gasteiger partial charge in [0.2, 0.25) is 11.9 Å². The highest BCUT2D eigenvalue weighted by Gasteiger charge is 2.33. The average molecular weight is 541 g/mol. The summed E-state index contributed by atoms with van der Waals surface area (Å²) in [7, 11) is 1.64. The highest BCUT2D eigenvalue weighted by molar-refractivity contribution is 5.92. The molecule has 4 heterocycles. The summed E-state index contributed by atoms with van der Waals surface area (Å²) in [4.78, 5) is 47.9. The lowest BCUT2D eigenvalue weighted by Gasteiger charge is -2.42. The molecular formula is C29H32N8O3. The summed E-state index contributed by atoms with van der Waals surface area (Å²) in [5.74, 6) is 1.77. The summed E-state index contributed by atoms with van der Waals surface area (Å²) in [5.41, 5.74) is 2.29. The van der Waals surface area contributed by atoms with Crippen molar-refractivity contribution < 1.29 is 14.3 Å². The maximum Gasteiger partial charge on any atom is 0.272 e. The van der Waals surface area contributed by atoms with Crippen LogP contribution >= 0.6 is 0 Å². The number of nitrogens with one attached hydrogen (secondary N) is 1. The van der Waals surface area contributed by atoms with Gasteiger partial charge in [0.05, 0.1) is 13.2 Å². The van der Waals surface area contributed by atoms with Crippen molar-refractivity contribution in [3.63, 3.8) is 0 Å². The van der Waals surface area contributed by atoms with Crippen LogP contribution in [0, 0.1) is 6.92 Å². The van der Waals surface area contributed by atoms with Crippen LogP contribution in [0.1, 0.15) is 28.2 Å². The van der Waals surface area contributed by atoms with E-state index >= 15 is 0 Å². The van der Waals surface area contributed by atoms with Gasteiger partial charge in [0.1, 0.15) is 23.6 Å². The monoisotopic (exact) mass is 540 g/mol. The summed E-state index contributed by atoms with van der Waals surface area (Å²) < 4.78 is 6.96. The first kappa shape index (κ1) is 26.8. The van der Waals surface area contributed by atoms with Crippen LogP contribution in [0.25, 0.3) is 5.95 Å². The number of anilines is 1. The van der Waals surface area contributed by atoms with E-state index < -0.39 is 0 Å². The fourth-order valence-electron chi connectivity index (χ4n) is 4.77. The fourth-order valence-corrected chi connectivity index (χ4v) is 4.77. The van der Waals surface area contributed by atoms with Crippen LogP contribution in [0.2, 0.25) is 0 Å². The smallest absolute Gasteiger partial charge is 0.272 e. The Morgan fingerprint density at radius 3 is 2.65 bits per heavy atom. The van der Waals surface area contributed by atoms with E-state index in [1.54, 1.807) is 59.7 Å². The lowest BCUT2D eigenvalue weighted by molar-refractivity contribution is -0.121. The Morgan fingerprint density at radius 1 is 1.07 bits per heavy atom. The van der Waals surface area contributed by atoms with Crippen molar-refractivity contribution in [3.8, 4) is 11.7 Å². The molecule has 1 N–H and O–H groups in total. The van der Waals surface area contributed by atoms with Gasteiger partial charge >= 0.3 is 0 Å². The van der Waals surface area contributed by atoms with Crippen LogP contribution < -0.4 is 15.0 Å². The first-order valence-corrected chi connectivity index (χ1v) is 13.2. The second-order valence-electron chi connectivity index (χ2n) is 9.60. The number of hydrogen-bond acceptors (Lipinski definition) is 8. The third-order valence-electron chi connectivity index (χ3n) is 6.83. The molecular weight excluding hydrogens is 508 g/mol. The zero-order valence-electron chi connectivity index (χ0n) is 22.6. The first-order valence-electron chi connectivity index (χ1n) is 13.2. The van der Waals surface area contributed by atoms with E-state index in [1.807, 2.05) is 37.3 Å². The Labute approximate surface area is 232 Å². The fraction of sp³-hybridized carbons (Fsp3) is 0.310. The largest absolute Gasteiger partial charge is 0.497 e. The number of methoxy groups -OCH3 is 1. The van der Waals surface area contributed by atoms with E-state index in [0.29, 0.717) is 50.1 Å². The van der Waals surface area contributed by atoms with E-state index in [4.69, 9.17) is 9.72 Å². The third-order valence-corrected chi connectivity index (χ3v) is 6.83. The number of imidazole rings is 1. The van der Waals surface area contributed by atoms with Gasteiger partial charge in [0.25, 0.3) is 5.91 Å². The lowest BCUT2D eigenvalue weighted by atomic mass is 10.1. The summed E-state index contributed by atoms with van der Waals surface area (Å²) >= 11 is 0. The summed E-state index contributed by atoms with van der Waals surface area (Å²) in [6.45, 7) is 3.78. The first-order chi connectivity index (χ1) is 19.5. The number of pyridine rings is 1. The molecule has 0 bridgehead atoms. The Balaban J connectivity index is 1.31. The molecule has 206 valence electrons. The van der Waals surface area contributed by atoms with E-state index in [9.17, 15) is 9.59 Å². The predicted octanol–water partition coefficient (Wildman–Crippen LogP) is 2.45. The minimum absolute atomic E-state index is 0.0868. The van der Waals surface area contributed by atoms with Crippen LogP contribution in [0.3, 0.4) is 0 Å². The topological polar surface area (TPSA) is 118 Å². The molecule has 0 aliphatic carbocycles. The number of ether oxygens (including phenoxy) is 1. The number of nitrogens with zero attached hydrogens (tertiary/aromatic N) is 7. The molecule has 1 atom stereocenters. The summed E-state index contributed by atoms with van der Waals surface area (Å²) in [6.07, 6.45) is 7.63. The van der Waals surface area contributed by atoms with Crippen molar-refractivity contribution in [2.45, 2.75) is 25.8 Å². The predicted molar refractivity (Wildman–Crippen MR) is 149 cm³/mol. The SMILES string of the molecule is COc1ccc(CCNC(=O)CC2CN(C(=O)c3ccccn3)CCN2c2cc(C)nc(-n3ccnc3)n2)cc1. The van der Waals surface area contributed by atoms with Crippen molar-refractivity contribution in [1.29, 1.82) is 0 Å². The molecule has 1 aliphatic heterocycles. The molecule has 1 aliphatic rings. The zero-order chi connectivity index (χ0) is 27.9. The zero-order valence-corrected chi connectivity index (χ0v) is 22.6. The molecule has 1 fully saturated rings. The van der Waals surface area contributed by atoms with Gasteiger partial charge in [0, 0.05) is 63.0 Å². The Hall–Kier alpha value is -4.80. The molecule has 5 rings (SSSR count). The van der Waals surface area contributed by atoms with Gasteiger partial charge in [-0.05, 0) is 43.2 Å². The second kappa shape index (κ2) is 12.4. The van der Waals surface area contributed by atoms with E-state index in [-0.39, 0.29) is 24.3 Å². The van der Waals surface area contributed by atoms with Gasteiger partial charge in [-0.2, -0.15) is 4.98 Å². The van der Waals surface area contributed by atoms with E-state index in [1.165, 1.54) is 0 Å². The molecule has 0 spiro atoms. The molecule has 1 saturated heterocycles. The van der Waals surface area contributed by atoms with E-state index in [2.05, 4.69) is 25.2 Å².